The second-order valence-electron chi connectivity index (χ2n) is 7.48. The van der Waals surface area contributed by atoms with Crippen LogP contribution in [-0.4, -0.2) is 74.8 Å². The summed E-state index contributed by atoms with van der Waals surface area (Å²) in [7, 11) is 1.49. The molecule has 0 radical (unpaired) electrons. The van der Waals surface area contributed by atoms with E-state index in [9.17, 15) is 13.2 Å². The molecule has 1 saturated heterocycles. The van der Waals surface area contributed by atoms with Gasteiger partial charge in [-0.25, -0.2) is 0 Å². The molecular formula is C20H34F3N5O. The van der Waals surface area contributed by atoms with E-state index in [-0.39, 0.29) is 6.04 Å². The fourth-order valence-corrected chi connectivity index (χ4v) is 3.56. The van der Waals surface area contributed by atoms with Gasteiger partial charge in [-0.3, -0.25) is 14.8 Å². The van der Waals surface area contributed by atoms with E-state index in [2.05, 4.69) is 15.5 Å². The van der Waals surface area contributed by atoms with Crippen LogP contribution < -0.4 is 10.6 Å². The summed E-state index contributed by atoms with van der Waals surface area (Å²) in [5.74, 6) is 1.60. The molecule has 2 heterocycles. The standard InChI is InChI=1S/C20H34F3N5O/c1-3-24-19(25-10-8-11-27(2)16-20(21,22)23)26-15-17(18-9-7-14-29-18)28-12-5-4-6-13-28/h7,9,14,17H,3-6,8,10-13,15-16H2,1-2H3,(H2,24,25,26). The van der Waals surface area contributed by atoms with E-state index in [4.69, 9.17) is 9.41 Å². The van der Waals surface area contributed by atoms with Crippen LogP contribution in [0.3, 0.4) is 0 Å². The maximum absolute atomic E-state index is 12.4. The molecule has 0 bridgehead atoms. The van der Waals surface area contributed by atoms with Gasteiger partial charge in [0.05, 0.1) is 25.4 Å². The minimum absolute atomic E-state index is 0.0960. The Bertz CT molecular complexity index is 585. The van der Waals surface area contributed by atoms with E-state index < -0.39 is 12.7 Å². The Morgan fingerprint density at radius 3 is 2.66 bits per heavy atom. The minimum atomic E-state index is -4.16. The smallest absolute Gasteiger partial charge is 0.401 e. The topological polar surface area (TPSA) is 56.0 Å². The molecular weight excluding hydrogens is 383 g/mol. The summed E-state index contributed by atoms with van der Waals surface area (Å²) in [6, 6.07) is 3.99. The van der Waals surface area contributed by atoms with Crippen LogP contribution in [0.2, 0.25) is 0 Å². The quantitative estimate of drug-likeness (QED) is 0.348. The SMILES string of the molecule is CCNC(=NCC(c1ccco1)N1CCCCC1)NCCCN(C)CC(F)(F)F. The first-order valence-corrected chi connectivity index (χ1v) is 10.4. The zero-order valence-corrected chi connectivity index (χ0v) is 17.5. The van der Waals surface area contributed by atoms with E-state index in [0.29, 0.717) is 32.0 Å². The number of halogens is 3. The van der Waals surface area contributed by atoms with Crippen molar-refractivity contribution in [2.24, 2.45) is 4.99 Å². The number of piperidine rings is 1. The average Bonchev–Trinajstić information content (AvgIpc) is 3.19. The molecule has 1 aromatic rings. The van der Waals surface area contributed by atoms with Gasteiger partial charge < -0.3 is 15.1 Å². The molecule has 0 saturated carbocycles. The van der Waals surface area contributed by atoms with Crippen LogP contribution in [0.1, 0.15) is 44.4 Å². The van der Waals surface area contributed by atoms with Gasteiger partial charge in [-0.05, 0) is 65.0 Å². The first kappa shape index (κ1) is 23.5. The zero-order chi connectivity index (χ0) is 21.1. The maximum atomic E-state index is 12.4. The van der Waals surface area contributed by atoms with Gasteiger partial charge in [-0.15, -0.1) is 0 Å². The lowest BCUT2D eigenvalue weighted by Crippen LogP contribution is -2.40. The molecule has 1 aliphatic heterocycles. The van der Waals surface area contributed by atoms with E-state index in [1.54, 1.807) is 6.26 Å². The highest BCUT2D eigenvalue weighted by atomic mass is 19.4. The number of likely N-dealkylation sites (tertiary alicyclic amines) is 1. The Balaban J connectivity index is 1.87. The van der Waals surface area contributed by atoms with Crippen LogP contribution in [0.15, 0.2) is 27.8 Å². The Morgan fingerprint density at radius 1 is 1.28 bits per heavy atom. The fourth-order valence-electron chi connectivity index (χ4n) is 3.56. The molecule has 2 N–H and O–H groups in total. The third-order valence-corrected chi connectivity index (χ3v) is 4.93. The molecule has 6 nitrogen and oxygen atoms in total. The minimum Gasteiger partial charge on any atom is -0.468 e. The van der Waals surface area contributed by atoms with Crippen LogP contribution >= 0.6 is 0 Å². The van der Waals surface area contributed by atoms with Crippen molar-refractivity contribution >= 4 is 5.96 Å². The summed E-state index contributed by atoms with van der Waals surface area (Å²) in [5, 5.41) is 6.43. The van der Waals surface area contributed by atoms with Gasteiger partial charge in [0, 0.05) is 13.1 Å². The van der Waals surface area contributed by atoms with Gasteiger partial charge in [0.15, 0.2) is 5.96 Å². The second-order valence-corrected chi connectivity index (χ2v) is 7.48. The second kappa shape index (κ2) is 12.1. The highest BCUT2D eigenvalue weighted by Gasteiger charge is 2.28. The molecule has 1 aliphatic rings. The third-order valence-electron chi connectivity index (χ3n) is 4.93. The molecule has 1 atom stereocenters. The number of nitrogens with zero attached hydrogens (tertiary/aromatic N) is 3. The lowest BCUT2D eigenvalue weighted by molar-refractivity contribution is -0.143. The summed E-state index contributed by atoms with van der Waals surface area (Å²) in [6.07, 6.45) is 1.77. The van der Waals surface area contributed by atoms with Crippen molar-refractivity contribution in [3.63, 3.8) is 0 Å². The maximum Gasteiger partial charge on any atom is 0.401 e. The van der Waals surface area contributed by atoms with Crippen LogP contribution in [0, 0.1) is 0 Å². The first-order valence-electron chi connectivity index (χ1n) is 10.4. The number of nitrogens with one attached hydrogen (secondary N) is 2. The number of furan rings is 1. The number of hydrogen-bond donors (Lipinski definition) is 2. The van der Waals surface area contributed by atoms with Crippen molar-refractivity contribution in [2.75, 3.05) is 52.9 Å². The summed E-state index contributed by atoms with van der Waals surface area (Å²) in [4.78, 5) is 8.43. The average molecular weight is 418 g/mol. The van der Waals surface area contributed by atoms with E-state index in [0.717, 1.165) is 25.4 Å². The van der Waals surface area contributed by atoms with Crippen LogP contribution in [-0.2, 0) is 0 Å². The van der Waals surface area contributed by atoms with Gasteiger partial charge in [0.1, 0.15) is 5.76 Å². The van der Waals surface area contributed by atoms with Crippen molar-refractivity contribution in [3.05, 3.63) is 24.2 Å². The number of alkyl halides is 3. The van der Waals surface area contributed by atoms with Crippen molar-refractivity contribution < 1.29 is 17.6 Å². The Hall–Kier alpha value is -1.74. The van der Waals surface area contributed by atoms with Crippen molar-refractivity contribution in [1.82, 2.24) is 20.4 Å². The van der Waals surface area contributed by atoms with E-state index >= 15 is 0 Å². The van der Waals surface area contributed by atoms with E-state index in [1.807, 2.05) is 19.1 Å². The Labute approximate surface area is 171 Å². The molecule has 1 unspecified atom stereocenters. The molecule has 1 aromatic heterocycles. The molecule has 0 spiro atoms. The largest absolute Gasteiger partial charge is 0.468 e. The normalized spacial score (nSPS) is 17.5. The Morgan fingerprint density at radius 2 is 2.03 bits per heavy atom. The summed E-state index contributed by atoms with van der Waals surface area (Å²) < 4.78 is 42.8. The van der Waals surface area contributed by atoms with Crippen LogP contribution in [0.4, 0.5) is 13.2 Å². The first-order chi connectivity index (χ1) is 13.9. The van der Waals surface area contributed by atoms with Crippen molar-refractivity contribution in [2.45, 2.75) is 44.8 Å². The number of guanidine groups is 1. The molecule has 166 valence electrons. The summed E-state index contributed by atoms with van der Waals surface area (Å²) in [5.41, 5.74) is 0. The third kappa shape index (κ3) is 9.08. The lowest BCUT2D eigenvalue weighted by atomic mass is 10.1. The molecule has 0 aliphatic carbocycles. The van der Waals surface area contributed by atoms with Gasteiger partial charge in [0.25, 0.3) is 0 Å². The van der Waals surface area contributed by atoms with Crippen molar-refractivity contribution in [1.29, 1.82) is 0 Å². The van der Waals surface area contributed by atoms with Gasteiger partial charge in [0.2, 0.25) is 0 Å². The number of hydrogen-bond acceptors (Lipinski definition) is 4. The lowest BCUT2D eigenvalue weighted by Gasteiger charge is -2.32. The molecule has 0 amide bonds. The van der Waals surface area contributed by atoms with Crippen molar-refractivity contribution in [3.8, 4) is 0 Å². The molecule has 1 fully saturated rings. The Kier molecular flexibility index (Phi) is 9.80. The van der Waals surface area contributed by atoms with Crippen LogP contribution in [0.25, 0.3) is 0 Å². The predicted molar refractivity (Wildman–Crippen MR) is 109 cm³/mol. The number of rotatable bonds is 10. The summed E-state index contributed by atoms with van der Waals surface area (Å²) >= 11 is 0. The molecule has 0 aromatic carbocycles. The van der Waals surface area contributed by atoms with E-state index in [1.165, 1.54) is 31.2 Å². The molecule has 9 heteroatoms. The van der Waals surface area contributed by atoms with Gasteiger partial charge in [-0.1, -0.05) is 6.42 Å². The van der Waals surface area contributed by atoms with Gasteiger partial charge >= 0.3 is 6.18 Å². The van der Waals surface area contributed by atoms with Crippen LogP contribution in [0.5, 0.6) is 0 Å². The fraction of sp³-hybridized carbons (Fsp3) is 0.750. The zero-order valence-electron chi connectivity index (χ0n) is 17.5. The predicted octanol–water partition coefficient (Wildman–Crippen LogP) is 3.25. The number of aliphatic imine (C=N–C) groups is 1. The highest BCUT2D eigenvalue weighted by Crippen LogP contribution is 2.25. The monoisotopic (exact) mass is 417 g/mol. The highest BCUT2D eigenvalue weighted by molar-refractivity contribution is 5.79. The molecule has 29 heavy (non-hydrogen) atoms. The summed E-state index contributed by atoms with van der Waals surface area (Å²) in [6.45, 7) is 5.39. The molecule has 2 rings (SSSR count). The van der Waals surface area contributed by atoms with Gasteiger partial charge in [-0.2, -0.15) is 13.2 Å².